The Labute approximate surface area is 102 Å². The van der Waals surface area contributed by atoms with Crippen LogP contribution in [-0.2, 0) is 0 Å². The highest BCUT2D eigenvalue weighted by atomic mass is 19.1. The van der Waals surface area contributed by atoms with E-state index < -0.39 is 5.41 Å². The van der Waals surface area contributed by atoms with E-state index in [0.29, 0.717) is 6.54 Å². The summed E-state index contributed by atoms with van der Waals surface area (Å²) < 4.78 is 13.2. The molecule has 0 spiro atoms. The maximum atomic E-state index is 13.2. The van der Waals surface area contributed by atoms with Gasteiger partial charge in [0.1, 0.15) is 5.83 Å². The van der Waals surface area contributed by atoms with Crippen LogP contribution in [0.2, 0.25) is 0 Å². The lowest BCUT2D eigenvalue weighted by molar-refractivity contribution is 0.606. The zero-order chi connectivity index (χ0) is 12.9. The molecule has 0 amide bonds. The first-order valence-electron chi connectivity index (χ1n) is 5.53. The normalized spacial score (nSPS) is 18.6. The molecule has 0 unspecified atom stereocenters. The molecule has 1 N–H and O–H groups in total. The second-order valence-electron chi connectivity index (χ2n) is 4.47. The molecule has 0 saturated heterocycles. The molecular weight excluding hydrogens is 215 g/mol. The first-order valence-corrected chi connectivity index (χ1v) is 5.53. The number of rotatable bonds is 4. The Hall–Kier alpha value is -1.82. The average Bonchev–Trinajstić information content (AvgIpc) is 2.75. The summed E-state index contributed by atoms with van der Waals surface area (Å²) >= 11 is 0. The van der Waals surface area contributed by atoms with Gasteiger partial charge in [-0.3, -0.25) is 0 Å². The highest BCUT2D eigenvalue weighted by Crippen LogP contribution is 2.33. The van der Waals surface area contributed by atoms with E-state index in [-0.39, 0.29) is 12.2 Å². The standard InChI is InChI=1S/C14H17FN2/c1-4-5-12(15)7-6-11-8-17-9-13(11)14(2,3)10-16/h4,6-7,9,17H,1,5,8H2,2-3H3/b11-6+,12-7+. The Morgan fingerprint density at radius 3 is 3.00 bits per heavy atom. The van der Waals surface area contributed by atoms with Gasteiger partial charge < -0.3 is 5.32 Å². The molecule has 0 atom stereocenters. The van der Waals surface area contributed by atoms with E-state index in [0.717, 1.165) is 11.1 Å². The second-order valence-corrected chi connectivity index (χ2v) is 4.47. The van der Waals surface area contributed by atoms with Gasteiger partial charge in [0.25, 0.3) is 0 Å². The third-order valence-corrected chi connectivity index (χ3v) is 2.64. The molecule has 0 saturated carbocycles. The Bertz CT molecular complexity index is 434. The van der Waals surface area contributed by atoms with Crippen LogP contribution in [0.3, 0.4) is 0 Å². The Balaban J connectivity index is 2.90. The summed E-state index contributed by atoms with van der Waals surface area (Å²) in [5.41, 5.74) is 1.32. The molecule has 0 aliphatic carbocycles. The van der Waals surface area contributed by atoms with E-state index in [9.17, 15) is 4.39 Å². The Kier molecular flexibility index (Phi) is 4.28. The van der Waals surface area contributed by atoms with Gasteiger partial charge >= 0.3 is 0 Å². The molecule has 0 radical (unpaired) electrons. The topological polar surface area (TPSA) is 35.8 Å². The van der Waals surface area contributed by atoms with Crippen LogP contribution in [0.1, 0.15) is 20.3 Å². The fraction of sp³-hybridized carbons (Fsp3) is 0.357. The predicted molar refractivity (Wildman–Crippen MR) is 67.6 cm³/mol. The lowest BCUT2D eigenvalue weighted by Gasteiger charge is -2.17. The van der Waals surface area contributed by atoms with Gasteiger partial charge in [-0.25, -0.2) is 4.39 Å². The van der Waals surface area contributed by atoms with Crippen molar-refractivity contribution in [2.75, 3.05) is 6.54 Å². The minimum Gasteiger partial charge on any atom is -0.387 e. The third-order valence-electron chi connectivity index (χ3n) is 2.64. The smallest absolute Gasteiger partial charge is 0.104 e. The first kappa shape index (κ1) is 13.2. The van der Waals surface area contributed by atoms with E-state index in [4.69, 9.17) is 5.26 Å². The molecule has 0 aromatic heterocycles. The molecule has 90 valence electrons. The first-order chi connectivity index (χ1) is 8.01. The number of nitriles is 1. The van der Waals surface area contributed by atoms with Gasteiger partial charge in [-0.2, -0.15) is 5.26 Å². The molecule has 2 nitrogen and oxygen atoms in total. The number of nitrogens with one attached hydrogen (secondary N) is 1. The average molecular weight is 232 g/mol. The van der Waals surface area contributed by atoms with Crippen LogP contribution in [0.15, 0.2) is 48.0 Å². The second kappa shape index (κ2) is 5.49. The number of hydrogen-bond donors (Lipinski definition) is 1. The zero-order valence-corrected chi connectivity index (χ0v) is 10.3. The summed E-state index contributed by atoms with van der Waals surface area (Å²) in [7, 11) is 0. The molecule has 0 fully saturated rings. The molecule has 0 bridgehead atoms. The minimum atomic E-state index is -0.557. The maximum absolute atomic E-state index is 13.2. The van der Waals surface area contributed by atoms with Crippen LogP contribution in [0.25, 0.3) is 0 Å². The van der Waals surface area contributed by atoms with Gasteiger partial charge in [-0.05, 0) is 31.1 Å². The number of allylic oxidation sites excluding steroid dienone is 4. The largest absolute Gasteiger partial charge is 0.387 e. The van der Waals surface area contributed by atoms with Crippen LogP contribution in [0.5, 0.6) is 0 Å². The number of nitrogens with zero attached hydrogens (tertiary/aromatic N) is 1. The minimum absolute atomic E-state index is 0.228. The van der Waals surface area contributed by atoms with Gasteiger partial charge in [-0.1, -0.05) is 12.2 Å². The van der Waals surface area contributed by atoms with E-state index in [1.807, 2.05) is 20.0 Å². The van der Waals surface area contributed by atoms with Gasteiger partial charge in [0.2, 0.25) is 0 Å². The quantitative estimate of drug-likeness (QED) is 0.754. The van der Waals surface area contributed by atoms with Crippen molar-refractivity contribution < 1.29 is 4.39 Å². The highest BCUT2D eigenvalue weighted by Gasteiger charge is 2.27. The fourth-order valence-corrected chi connectivity index (χ4v) is 1.64. The summed E-state index contributed by atoms with van der Waals surface area (Å²) in [6, 6.07) is 2.25. The van der Waals surface area contributed by atoms with Crippen molar-refractivity contribution in [2.24, 2.45) is 5.41 Å². The lowest BCUT2D eigenvalue weighted by Crippen LogP contribution is -2.12. The van der Waals surface area contributed by atoms with Crippen LogP contribution < -0.4 is 5.32 Å². The molecule has 3 heteroatoms. The molecule has 1 heterocycles. The molecule has 0 aromatic carbocycles. The van der Waals surface area contributed by atoms with Crippen LogP contribution in [0.4, 0.5) is 4.39 Å². The summed E-state index contributed by atoms with van der Waals surface area (Å²) in [5.74, 6) is -0.228. The monoisotopic (exact) mass is 232 g/mol. The maximum Gasteiger partial charge on any atom is 0.104 e. The van der Waals surface area contributed by atoms with Crippen LogP contribution in [0, 0.1) is 16.7 Å². The van der Waals surface area contributed by atoms with Crippen LogP contribution in [-0.4, -0.2) is 6.54 Å². The molecule has 17 heavy (non-hydrogen) atoms. The molecular formula is C14H17FN2. The van der Waals surface area contributed by atoms with Gasteiger partial charge in [0.15, 0.2) is 0 Å². The predicted octanol–water partition coefficient (Wildman–Crippen LogP) is 3.38. The highest BCUT2D eigenvalue weighted by molar-refractivity contribution is 5.45. The molecule has 1 aliphatic rings. The zero-order valence-electron chi connectivity index (χ0n) is 10.3. The Morgan fingerprint density at radius 1 is 1.71 bits per heavy atom. The van der Waals surface area contributed by atoms with Gasteiger partial charge in [-0.15, -0.1) is 6.58 Å². The van der Waals surface area contributed by atoms with E-state index >= 15 is 0 Å². The van der Waals surface area contributed by atoms with Crippen molar-refractivity contribution in [1.29, 1.82) is 5.26 Å². The Morgan fingerprint density at radius 2 is 2.41 bits per heavy atom. The third kappa shape index (κ3) is 3.32. The number of halogens is 1. The van der Waals surface area contributed by atoms with Crippen LogP contribution >= 0.6 is 0 Å². The summed E-state index contributed by atoms with van der Waals surface area (Å²) in [6.07, 6.45) is 6.74. The summed E-state index contributed by atoms with van der Waals surface area (Å²) in [5, 5.41) is 12.2. The van der Waals surface area contributed by atoms with E-state index in [1.54, 1.807) is 6.08 Å². The van der Waals surface area contributed by atoms with Crippen molar-refractivity contribution in [3.63, 3.8) is 0 Å². The summed E-state index contributed by atoms with van der Waals surface area (Å²) in [6.45, 7) is 7.82. The molecule has 0 aromatic rings. The van der Waals surface area contributed by atoms with Crippen molar-refractivity contribution >= 4 is 0 Å². The van der Waals surface area contributed by atoms with Crippen molar-refractivity contribution in [1.82, 2.24) is 5.32 Å². The van der Waals surface area contributed by atoms with E-state index in [2.05, 4.69) is 18.0 Å². The van der Waals surface area contributed by atoms with Gasteiger partial charge in [0, 0.05) is 19.2 Å². The van der Waals surface area contributed by atoms with E-state index in [1.165, 1.54) is 12.2 Å². The molecule has 1 aliphatic heterocycles. The summed E-state index contributed by atoms with van der Waals surface area (Å²) in [4.78, 5) is 0. The molecule has 1 rings (SSSR count). The number of hydrogen-bond acceptors (Lipinski definition) is 2. The van der Waals surface area contributed by atoms with Gasteiger partial charge in [0.05, 0.1) is 11.5 Å². The van der Waals surface area contributed by atoms with Crippen molar-refractivity contribution in [2.45, 2.75) is 20.3 Å². The SMILES string of the molecule is C=CC/C(F)=C\C=C1/CNC=C1C(C)(C)C#N. The lowest BCUT2D eigenvalue weighted by atomic mass is 9.83. The van der Waals surface area contributed by atoms with Crippen molar-refractivity contribution in [3.05, 3.63) is 48.0 Å². The fourth-order valence-electron chi connectivity index (χ4n) is 1.64. The van der Waals surface area contributed by atoms with Crippen molar-refractivity contribution in [3.8, 4) is 6.07 Å².